The van der Waals surface area contributed by atoms with Crippen LogP contribution in [0.15, 0.2) is 29.3 Å². The molecule has 1 aromatic rings. The molecule has 1 aromatic carbocycles. The Balaban J connectivity index is 1.59. The van der Waals surface area contributed by atoms with Gasteiger partial charge in [-0.2, -0.15) is 0 Å². The van der Waals surface area contributed by atoms with Gasteiger partial charge in [0.05, 0.1) is 0 Å². The normalized spacial score (nSPS) is 15.2. The van der Waals surface area contributed by atoms with Crippen molar-refractivity contribution in [3.8, 4) is 0 Å². The van der Waals surface area contributed by atoms with Crippen molar-refractivity contribution in [1.29, 1.82) is 0 Å². The van der Waals surface area contributed by atoms with Gasteiger partial charge in [-0.25, -0.2) is 4.39 Å². The van der Waals surface area contributed by atoms with Gasteiger partial charge in [-0.3, -0.25) is 4.99 Å². The van der Waals surface area contributed by atoms with Crippen molar-refractivity contribution in [2.24, 2.45) is 10.9 Å². The predicted octanol–water partition coefficient (Wildman–Crippen LogP) is 2.72. The van der Waals surface area contributed by atoms with Crippen LogP contribution in [0, 0.1) is 11.7 Å². The minimum atomic E-state index is -0.185. The minimum absolute atomic E-state index is 0.185. The van der Waals surface area contributed by atoms with Crippen LogP contribution in [0.25, 0.3) is 0 Å². The predicted molar refractivity (Wildman–Crippen MR) is 81.4 cm³/mol. The first-order valence-electron chi connectivity index (χ1n) is 7.47. The van der Waals surface area contributed by atoms with Crippen LogP contribution in [0.5, 0.6) is 0 Å². The van der Waals surface area contributed by atoms with Crippen molar-refractivity contribution >= 4 is 5.96 Å². The van der Waals surface area contributed by atoms with Gasteiger partial charge in [0.25, 0.3) is 0 Å². The molecular formula is C16H24FN3. The second kappa shape index (κ2) is 7.88. The molecule has 3 nitrogen and oxygen atoms in total. The van der Waals surface area contributed by atoms with Crippen LogP contribution in [0.3, 0.4) is 0 Å². The van der Waals surface area contributed by atoms with Crippen molar-refractivity contribution < 1.29 is 4.39 Å². The first kappa shape index (κ1) is 14.8. The molecule has 0 aliphatic heterocycles. The fourth-order valence-electron chi connectivity index (χ4n) is 2.20. The van der Waals surface area contributed by atoms with E-state index in [2.05, 4.69) is 15.6 Å². The molecule has 4 heteroatoms. The van der Waals surface area contributed by atoms with Crippen molar-refractivity contribution in [3.05, 3.63) is 35.6 Å². The third kappa shape index (κ3) is 5.59. The second-order valence-corrected chi connectivity index (χ2v) is 5.39. The summed E-state index contributed by atoms with van der Waals surface area (Å²) in [6.45, 7) is 1.78. The number of hydrogen-bond donors (Lipinski definition) is 2. The Morgan fingerprint density at radius 1 is 1.20 bits per heavy atom. The number of nitrogens with one attached hydrogen (secondary N) is 2. The fourth-order valence-corrected chi connectivity index (χ4v) is 2.20. The van der Waals surface area contributed by atoms with Crippen molar-refractivity contribution in [2.75, 3.05) is 20.1 Å². The standard InChI is InChI=1S/C16H24FN3/c1-18-16(19-11-2-3-13-4-5-13)20-12-10-14-6-8-15(17)9-7-14/h6-9,13H,2-5,10-12H2,1H3,(H2,18,19,20). The number of aliphatic imine (C=N–C) groups is 1. The molecule has 0 spiro atoms. The molecule has 1 fully saturated rings. The minimum Gasteiger partial charge on any atom is -0.356 e. The van der Waals surface area contributed by atoms with Crippen LogP contribution in [0.2, 0.25) is 0 Å². The molecule has 0 bridgehead atoms. The lowest BCUT2D eigenvalue weighted by molar-refractivity contribution is 0.626. The molecule has 0 atom stereocenters. The average molecular weight is 277 g/mol. The average Bonchev–Trinajstić information content (AvgIpc) is 3.28. The molecule has 2 N–H and O–H groups in total. The van der Waals surface area contributed by atoms with E-state index in [1.165, 1.54) is 37.8 Å². The van der Waals surface area contributed by atoms with Crippen LogP contribution in [-0.2, 0) is 6.42 Å². The van der Waals surface area contributed by atoms with E-state index in [0.29, 0.717) is 0 Å². The van der Waals surface area contributed by atoms with Gasteiger partial charge < -0.3 is 10.6 Å². The highest BCUT2D eigenvalue weighted by Gasteiger charge is 2.19. The van der Waals surface area contributed by atoms with Crippen molar-refractivity contribution in [3.63, 3.8) is 0 Å². The molecule has 0 radical (unpaired) electrons. The Morgan fingerprint density at radius 2 is 1.90 bits per heavy atom. The summed E-state index contributed by atoms with van der Waals surface area (Å²) in [7, 11) is 1.79. The van der Waals surface area contributed by atoms with Gasteiger partial charge in [-0.1, -0.05) is 25.0 Å². The summed E-state index contributed by atoms with van der Waals surface area (Å²) < 4.78 is 12.8. The SMILES string of the molecule is CN=C(NCCCC1CC1)NCCc1ccc(F)cc1. The summed E-state index contributed by atoms with van der Waals surface area (Å²) in [4.78, 5) is 4.20. The number of rotatable bonds is 7. The third-order valence-electron chi connectivity index (χ3n) is 3.62. The van der Waals surface area contributed by atoms with Crippen LogP contribution in [0.1, 0.15) is 31.2 Å². The molecular weight excluding hydrogens is 253 g/mol. The van der Waals surface area contributed by atoms with Gasteiger partial charge >= 0.3 is 0 Å². The Hall–Kier alpha value is -1.58. The van der Waals surface area contributed by atoms with Gasteiger partial charge in [0, 0.05) is 20.1 Å². The van der Waals surface area contributed by atoms with Crippen LogP contribution in [-0.4, -0.2) is 26.1 Å². The lowest BCUT2D eigenvalue weighted by atomic mass is 10.1. The first-order valence-corrected chi connectivity index (χ1v) is 7.47. The van der Waals surface area contributed by atoms with E-state index in [4.69, 9.17) is 0 Å². The molecule has 20 heavy (non-hydrogen) atoms. The topological polar surface area (TPSA) is 36.4 Å². The van der Waals surface area contributed by atoms with E-state index in [0.717, 1.165) is 37.0 Å². The van der Waals surface area contributed by atoms with Gasteiger partial charge in [0.1, 0.15) is 5.82 Å². The summed E-state index contributed by atoms with van der Waals surface area (Å²) >= 11 is 0. The lowest BCUT2D eigenvalue weighted by Crippen LogP contribution is -2.38. The Labute approximate surface area is 120 Å². The summed E-state index contributed by atoms with van der Waals surface area (Å²) in [6.07, 6.45) is 6.25. The smallest absolute Gasteiger partial charge is 0.190 e. The van der Waals surface area contributed by atoms with Crippen LogP contribution < -0.4 is 10.6 Å². The van der Waals surface area contributed by atoms with Gasteiger partial charge in [-0.15, -0.1) is 0 Å². The lowest BCUT2D eigenvalue weighted by Gasteiger charge is -2.11. The van der Waals surface area contributed by atoms with Gasteiger partial charge in [0.15, 0.2) is 5.96 Å². The van der Waals surface area contributed by atoms with E-state index in [9.17, 15) is 4.39 Å². The molecule has 1 aliphatic carbocycles. The molecule has 1 saturated carbocycles. The molecule has 0 heterocycles. The van der Waals surface area contributed by atoms with E-state index in [1.54, 1.807) is 7.05 Å². The molecule has 0 aromatic heterocycles. The van der Waals surface area contributed by atoms with E-state index < -0.39 is 0 Å². The molecule has 110 valence electrons. The monoisotopic (exact) mass is 277 g/mol. The highest BCUT2D eigenvalue weighted by molar-refractivity contribution is 5.79. The quantitative estimate of drug-likeness (QED) is 0.457. The number of halogens is 1. The summed E-state index contributed by atoms with van der Waals surface area (Å²) in [5.74, 6) is 1.66. The van der Waals surface area contributed by atoms with E-state index >= 15 is 0 Å². The Kier molecular flexibility index (Phi) is 5.84. The zero-order valence-corrected chi connectivity index (χ0v) is 12.2. The Bertz CT molecular complexity index is 424. The van der Waals surface area contributed by atoms with Crippen LogP contribution >= 0.6 is 0 Å². The van der Waals surface area contributed by atoms with Gasteiger partial charge in [0.2, 0.25) is 0 Å². The first-order chi connectivity index (χ1) is 9.78. The second-order valence-electron chi connectivity index (χ2n) is 5.39. The molecule has 1 aliphatic rings. The van der Waals surface area contributed by atoms with Gasteiger partial charge in [-0.05, 0) is 42.9 Å². The highest BCUT2D eigenvalue weighted by Crippen LogP contribution is 2.33. The molecule has 2 rings (SSSR count). The number of hydrogen-bond acceptors (Lipinski definition) is 1. The zero-order chi connectivity index (χ0) is 14.2. The maximum atomic E-state index is 12.8. The Morgan fingerprint density at radius 3 is 2.55 bits per heavy atom. The maximum Gasteiger partial charge on any atom is 0.190 e. The van der Waals surface area contributed by atoms with Crippen LogP contribution in [0.4, 0.5) is 4.39 Å². The molecule has 0 saturated heterocycles. The highest BCUT2D eigenvalue weighted by atomic mass is 19.1. The third-order valence-corrected chi connectivity index (χ3v) is 3.62. The summed E-state index contributed by atoms with van der Waals surface area (Å²) in [5, 5.41) is 6.61. The number of guanidine groups is 1. The number of benzene rings is 1. The summed E-state index contributed by atoms with van der Waals surface area (Å²) in [5.41, 5.74) is 1.13. The van der Waals surface area contributed by atoms with E-state index in [1.807, 2.05) is 12.1 Å². The van der Waals surface area contributed by atoms with Crippen molar-refractivity contribution in [2.45, 2.75) is 32.1 Å². The number of nitrogens with zero attached hydrogens (tertiary/aromatic N) is 1. The van der Waals surface area contributed by atoms with E-state index in [-0.39, 0.29) is 5.82 Å². The molecule has 0 amide bonds. The maximum absolute atomic E-state index is 12.8. The largest absolute Gasteiger partial charge is 0.356 e. The van der Waals surface area contributed by atoms with Crippen molar-refractivity contribution in [1.82, 2.24) is 10.6 Å². The molecule has 0 unspecified atom stereocenters. The zero-order valence-electron chi connectivity index (χ0n) is 12.2. The summed E-state index contributed by atoms with van der Waals surface area (Å²) in [6, 6.07) is 6.65. The fraction of sp³-hybridized carbons (Fsp3) is 0.562.